The second kappa shape index (κ2) is 10.2. The highest BCUT2D eigenvalue weighted by Gasteiger charge is 2.27. The molecule has 1 fully saturated rings. The van der Waals surface area contributed by atoms with Crippen LogP contribution in [0.15, 0.2) is 59.5 Å². The minimum atomic E-state index is -0.0389. The summed E-state index contributed by atoms with van der Waals surface area (Å²) in [5.41, 5.74) is 0.817. The number of rotatable bonds is 7. The van der Waals surface area contributed by atoms with Crippen LogP contribution in [0.25, 0.3) is 0 Å². The molecule has 6 heteroatoms. The fraction of sp³-hybridized carbons (Fsp3) is 0.364. The van der Waals surface area contributed by atoms with Crippen molar-refractivity contribution in [1.82, 2.24) is 4.90 Å². The topological polar surface area (TPSA) is 58.6 Å². The van der Waals surface area contributed by atoms with Crippen molar-refractivity contribution in [3.63, 3.8) is 0 Å². The molecule has 148 valence electrons. The number of benzene rings is 2. The summed E-state index contributed by atoms with van der Waals surface area (Å²) < 4.78 is 5.43. The van der Waals surface area contributed by atoms with Gasteiger partial charge in [-0.15, -0.1) is 11.8 Å². The first kappa shape index (κ1) is 20.3. The van der Waals surface area contributed by atoms with Gasteiger partial charge in [0.05, 0.1) is 12.4 Å². The van der Waals surface area contributed by atoms with Crippen LogP contribution in [-0.2, 0) is 9.59 Å². The number of nitrogens with one attached hydrogen (secondary N) is 1. The number of ether oxygens (including phenoxy) is 1. The number of nitrogens with zero attached hydrogens (tertiary/aromatic N) is 1. The first-order valence-corrected chi connectivity index (χ1v) is 10.6. The lowest BCUT2D eigenvalue weighted by molar-refractivity contribution is -0.132. The molecular formula is C22H26N2O3S. The maximum atomic E-state index is 12.5. The smallest absolute Gasteiger partial charge is 0.232 e. The van der Waals surface area contributed by atoms with Crippen LogP contribution in [-0.4, -0.2) is 42.2 Å². The Hall–Kier alpha value is -2.47. The standard InChI is InChI=1S/C22H26N2O3S/c1-2-27-19-8-10-20(11-9-19)28-16-21(25)24-14-12-17(13-15-24)22(26)23-18-6-4-3-5-7-18/h3-11,17H,2,12-16H2,1H3,(H,23,26). The first-order valence-electron chi connectivity index (χ1n) is 9.65. The number of carbonyl (C=O) groups excluding carboxylic acids is 2. The number of para-hydroxylation sites is 1. The van der Waals surface area contributed by atoms with Gasteiger partial charge in [-0.25, -0.2) is 0 Å². The lowest BCUT2D eigenvalue weighted by Gasteiger charge is -2.31. The molecular weight excluding hydrogens is 372 g/mol. The zero-order valence-electron chi connectivity index (χ0n) is 16.1. The van der Waals surface area contributed by atoms with Crippen molar-refractivity contribution in [1.29, 1.82) is 0 Å². The molecule has 0 unspecified atom stereocenters. The van der Waals surface area contributed by atoms with Crippen molar-refractivity contribution >= 4 is 29.3 Å². The summed E-state index contributed by atoms with van der Waals surface area (Å²) in [6, 6.07) is 17.3. The van der Waals surface area contributed by atoms with Gasteiger partial charge in [0, 0.05) is 29.6 Å². The number of likely N-dealkylation sites (tertiary alicyclic amines) is 1. The minimum absolute atomic E-state index is 0.0389. The number of hydrogen-bond acceptors (Lipinski definition) is 4. The summed E-state index contributed by atoms with van der Waals surface area (Å²) in [4.78, 5) is 27.8. The fourth-order valence-corrected chi connectivity index (χ4v) is 3.99. The van der Waals surface area contributed by atoms with Crippen molar-refractivity contribution in [3.05, 3.63) is 54.6 Å². The number of amides is 2. The fourth-order valence-electron chi connectivity index (χ4n) is 3.19. The average molecular weight is 399 g/mol. The molecule has 2 amide bonds. The van der Waals surface area contributed by atoms with Gasteiger partial charge in [-0.2, -0.15) is 0 Å². The molecule has 28 heavy (non-hydrogen) atoms. The maximum absolute atomic E-state index is 12.5. The molecule has 0 aromatic heterocycles. The SMILES string of the molecule is CCOc1ccc(SCC(=O)N2CCC(C(=O)Nc3ccccc3)CC2)cc1. The molecule has 1 heterocycles. The molecule has 0 aliphatic carbocycles. The predicted molar refractivity (Wildman–Crippen MR) is 113 cm³/mol. The zero-order valence-corrected chi connectivity index (χ0v) is 16.9. The zero-order chi connectivity index (χ0) is 19.8. The lowest BCUT2D eigenvalue weighted by atomic mass is 9.96. The molecule has 3 rings (SSSR count). The van der Waals surface area contributed by atoms with Crippen LogP contribution in [0.2, 0.25) is 0 Å². The molecule has 2 aromatic rings. The van der Waals surface area contributed by atoms with E-state index in [2.05, 4.69) is 5.32 Å². The molecule has 0 radical (unpaired) electrons. The molecule has 0 atom stereocenters. The van der Waals surface area contributed by atoms with Crippen molar-refractivity contribution in [3.8, 4) is 5.75 Å². The van der Waals surface area contributed by atoms with Gasteiger partial charge in [-0.3, -0.25) is 9.59 Å². The van der Waals surface area contributed by atoms with E-state index >= 15 is 0 Å². The van der Waals surface area contributed by atoms with Gasteiger partial charge in [0.25, 0.3) is 0 Å². The summed E-state index contributed by atoms with van der Waals surface area (Å²) in [5, 5.41) is 2.96. The normalized spacial score (nSPS) is 14.5. The second-order valence-corrected chi connectivity index (χ2v) is 7.75. The van der Waals surface area contributed by atoms with E-state index in [4.69, 9.17) is 4.74 Å². The Morgan fingerprint density at radius 2 is 1.75 bits per heavy atom. The van der Waals surface area contributed by atoms with Crippen LogP contribution in [0.3, 0.4) is 0 Å². The monoisotopic (exact) mass is 398 g/mol. The van der Waals surface area contributed by atoms with E-state index in [1.807, 2.05) is 66.4 Å². The molecule has 1 N–H and O–H groups in total. The molecule has 1 aliphatic rings. The van der Waals surface area contributed by atoms with Gasteiger partial charge >= 0.3 is 0 Å². The summed E-state index contributed by atoms with van der Waals surface area (Å²) in [6.07, 6.45) is 1.41. The van der Waals surface area contributed by atoms with Crippen LogP contribution in [0.1, 0.15) is 19.8 Å². The Balaban J connectivity index is 1.41. The van der Waals surface area contributed by atoms with Gasteiger partial charge < -0.3 is 15.0 Å². The summed E-state index contributed by atoms with van der Waals surface area (Å²) in [6.45, 7) is 3.87. The second-order valence-electron chi connectivity index (χ2n) is 6.70. The molecule has 0 bridgehead atoms. The van der Waals surface area contributed by atoms with Crippen LogP contribution in [0, 0.1) is 5.92 Å². The van der Waals surface area contributed by atoms with Gasteiger partial charge in [0.2, 0.25) is 11.8 Å². The van der Waals surface area contributed by atoms with Gasteiger partial charge in [-0.05, 0) is 56.2 Å². The van der Waals surface area contributed by atoms with Crippen molar-refractivity contribution < 1.29 is 14.3 Å². The average Bonchev–Trinajstić information content (AvgIpc) is 2.74. The van der Waals surface area contributed by atoms with E-state index in [0.717, 1.165) is 16.3 Å². The molecule has 2 aromatic carbocycles. The van der Waals surface area contributed by atoms with Crippen LogP contribution < -0.4 is 10.1 Å². The Kier molecular flexibility index (Phi) is 7.37. The quantitative estimate of drug-likeness (QED) is 0.715. The number of anilines is 1. The van der Waals surface area contributed by atoms with E-state index < -0.39 is 0 Å². The van der Waals surface area contributed by atoms with E-state index in [0.29, 0.717) is 38.3 Å². The minimum Gasteiger partial charge on any atom is -0.494 e. The Labute approximate surface area is 170 Å². The number of thioether (sulfide) groups is 1. The first-order chi connectivity index (χ1) is 13.7. The molecule has 0 spiro atoms. The molecule has 1 saturated heterocycles. The highest BCUT2D eigenvalue weighted by Crippen LogP contribution is 2.24. The van der Waals surface area contributed by atoms with Crippen molar-refractivity contribution in [2.75, 3.05) is 30.8 Å². The highest BCUT2D eigenvalue weighted by molar-refractivity contribution is 8.00. The molecule has 0 saturated carbocycles. The van der Waals surface area contributed by atoms with Crippen LogP contribution >= 0.6 is 11.8 Å². The van der Waals surface area contributed by atoms with E-state index in [1.54, 1.807) is 0 Å². The van der Waals surface area contributed by atoms with Gasteiger partial charge in [-0.1, -0.05) is 18.2 Å². The van der Waals surface area contributed by atoms with Crippen LogP contribution in [0.4, 0.5) is 5.69 Å². The third kappa shape index (κ3) is 5.76. The third-order valence-electron chi connectivity index (χ3n) is 4.76. The van der Waals surface area contributed by atoms with Gasteiger partial charge in [0.15, 0.2) is 0 Å². The molecule has 1 aliphatic heterocycles. The number of carbonyl (C=O) groups is 2. The lowest BCUT2D eigenvalue weighted by Crippen LogP contribution is -2.42. The molecule has 5 nitrogen and oxygen atoms in total. The van der Waals surface area contributed by atoms with Gasteiger partial charge in [0.1, 0.15) is 5.75 Å². The van der Waals surface area contributed by atoms with E-state index in [9.17, 15) is 9.59 Å². The summed E-state index contributed by atoms with van der Waals surface area (Å²) in [5.74, 6) is 1.38. The Bertz CT molecular complexity index is 772. The third-order valence-corrected chi connectivity index (χ3v) is 5.75. The number of hydrogen-bond donors (Lipinski definition) is 1. The van der Waals surface area contributed by atoms with E-state index in [1.165, 1.54) is 11.8 Å². The van der Waals surface area contributed by atoms with Crippen molar-refractivity contribution in [2.24, 2.45) is 5.92 Å². The number of piperidine rings is 1. The Morgan fingerprint density at radius 1 is 1.07 bits per heavy atom. The maximum Gasteiger partial charge on any atom is 0.232 e. The largest absolute Gasteiger partial charge is 0.494 e. The summed E-state index contributed by atoms with van der Waals surface area (Å²) >= 11 is 1.53. The van der Waals surface area contributed by atoms with E-state index in [-0.39, 0.29) is 17.7 Å². The predicted octanol–water partition coefficient (Wildman–Crippen LogP) is 4.05. The van der Waals surface area contributed by atoms with Crippen molar-refractivity contribution in [2.45, 2.75) is 24.7 Å². The Morgan fingerprint density at radius 3 is 2.39 bits per heavy atom. The van der Waals surface area contributed by atoms with Crippen LogP contribution in [0.5, 0.6) is 5.75 Å². The summed E-state index contributed by atoms with van der Waals surface area (Å²) in [7, 11) is 0. The highest BCUT2D eigenvalue weighted by atomic mass is 32.2.